The Morgan fingerprint density at radius 1 is 1.14 bits per heavy atom. The highest BCUT2D eigenvalue weighted by Gasteiger charge is 2.31. The van der Waals surface area contributed by atoms with E-state index in [0.29, 0.717) is 33.7 Å². The normalized spacial score (nSPS) is 15.2. The summed E-state index contributed by atoms with van der Waals surface area (Å²) in [5, 5.41) is 8.77. The first-order valence-electron chi connectivity index (χ1n) is 11.6. The molecule has 1 saturated heterocycles. The van der Waals surface area contributed by atoms with Gasteiger partial charge in [-0.05, 0) is 79.0 Å². The lowest BCUT2D eigenvalue weighted by Crippen LogP contribution is -2.34. The predicted molar refractivity (Wildman–Crippen MR) is 143 cm³/mol. The predicted octanol–water partition coefficient (Wildman–Crippen LogP) is 6.53. The third kappa shape index (κ3) is 5.49. The van der Waals surface area contributed by atoms with Crippen molar-refractivity contribution >= 4 is 24.2 Å². The molecule has 2 heterocycles. The number of nitroso groups, excluding NO2 is 1. The minimum Gasteiger partial charge on any atom is -0.490 e. The fourth-order valence-electron chi connectivity index (χ4n) is 4.47. The molecule has 192 valence electrons. The van der Waals surface area contributed by atoms with Gasteiger partial charge >= 0.3 is 0 Å². The molecule has 0 bridgehead atoms. The molecule has 0 aliphatic carbocycles. The number of nitrogens with zero attached hydrogens (tertiary/aromatic N) is 3. The smallest absolute Gasteiger partial charge is 0.288 e. The van der Waals surface area contributed by atoms with Crippen LogP contribution in [0.2, 0.25) is 0 Å². The molecule has 0 amide bonds. The van der Waals surface area contributed by atoms with Crippen LogP contribution in [0.1, 0.15) is 36.6 Å². The zero-order valence-corrected chi connectivity index (χ0v) is 22.6. The van der Waals surface area contributed by atoms with E-state index in [4.69, 9.17) is 4.74 Å². The Bertz CT molecular complexity index is 1280. The summed E-state index contributed by atoms with van der Waals surface area (Å²) in [7, 11) is 5.84. The lowest BCUT2D eigenvalue weighted by atomic mass is 9.94. The Morgan fingerprint density at radius 2 is 1.83 bits per heavy atom. The van der Waals surface area contributed by atoms with Crippen molar-refractivity contribution < 1.29 is 17.9 Å². The largest absolute Gasteiger partial charge is 0.490 e. The van der Waals surface area contributed by atoms with Gasteiger partial charge in [-0.3, -0.25) is 4.68 Å². The number of hydrogen-bond donors (Lipinski definition) is 1. The number of aromatic nitrogens is 2. The van der Waals surface area contributed by atoms with Gasteiger partial charge in [0.05, 0.1) is 11.3 Å². The van der Waals surface area contributed by atoms with E-state index in [1.54, 1.807) is 37.3 Å². The molecule has 1 fully saturated rings. The van der Waals surface area contributed by atoms with E-state index in [-0.39, 0.29) is 11.8 Å². The number of alkyl halides is 3. The van der Waals surface area contributed by atoms with Crippen LogP contribution < -0.4 is 10.1 Å². The van der Waals surface area contributed by atoms with Crippen LogP contribution >= 0.6 is 18.5 Å². The molecular formula is C25H29F3N4O2P2. The molecule has 1 aliphatic rings. The SMILES string of the molecule is Cc1ccc(-c2c(OC3CCNCC3)ccc(-c3cc(C(C)(F)F)nn3C)c2N=O)cc1C(F)(P)P. The Kier molecular flexibility index (Phi) is 7.57. The Hall–Kier alpha value is -2.34. The monoisotopic (exact) mass is 536 g/mol. The second-order valence-electron chi connectivity index (χ2n) is 9.22. The number of halogens is 3. The van der Waals surface area contributed by atoms with Crippen LogP contribution in [0.25, 0.3) is 22.4 Å². The molecular weight excluding hydrogens is 507 g/mol. The molecule has 0 saturated carbocycles. The molecule has 2 aromatic carbocycles. The van der Waals surface area contributed by atoms with E-state index in [1.807, 2.05) is 0 Å². The molecule has 2 unspecified atom stereocenters. The van der Waals surface area contributed by atoms with E-state index in [9.17, 15) is 18.1 Å². The van der Waals surface area contributed by atoms with Crippen LogP contribution in [-0.2, 0) is 18.1 Å². The second-order valence-corrected chi connectivity index (χ2v) is 11.6. The van der Waals surface area contributed by atoms with Gasteiger partial charge in [0.2, 0.25) is 0 Å². The molecule has 2 atom stereocenters. The van der Waals surface area contributed by atoms with Crippen LogP contribution in [0.3, 0.4) is 0 Å². The summed E-state index contributed by atoms with van der Waals surface area (Å²) >= 11 is 0. The molecule has 1 aromatic heterocycles. The van der Waals surface area contributed by atoms with E-state index < -0.39 is 16.8 Å². The molecule has 0 spiro atoms. The standard InChI is InChI=1S/C25H29F3N4O2P2/c1-14-4-5-15(12-18(14)25(28,35)36)22-20(34-16-8-10-29-11-9-16)7-6-17(23(22)31-33)19-13-21(24(2,26)27)30-32(19)3/h4-7,12-13,16,29H,8-11,35-36H2,1-3H3. The first-order valence-corrected chi connectivity index (χ1v) is 12.7. The summed E-state index contributed by atoms with van der Waals surface area (Å²) < 4.78 is 50.6. The van der Waals surface area contributed by atoms with Gasteiger partial charge in [-0.25, -0.2) is 4.39 Å². The Labute approximate surface area is 212 Å². The van der Waals surface area contributed by atoms with Gasteiger partial charge in [0, 0.05) is 19.5 Å². The molecule has 3 aromatic rings. The van der Waals surface area contributed by atoms with Crippen LogP contribution in [0.4, 0.5) is 18.9 Å². The van der Waals surface area contributed by atoms with Gasteiger partial charge in [0.1, 0.15) is 23.2 Å². The molecule has 6 nitrogen and oxygen atoms in total. The number of benzene rings is 2. The van der Waals surface area contributed by atoms with Crippen molar-refractivity contribution in [2.45, 2.75) is 43.9 Å². The zero-order chi connectivity index (χ0) is 26.3. The van der Waals surface area contributed by atoms with Crippen LogP contribution in [0.15, 0.2) is 41.6 Å². The minimum absolute atomic E-state index is 0.0159. The fraction of sp³-hybridized carbons (Fsp3) is 0.400. The number of aryl methyl sites for hydroxylation is 2. The van der Waals surface area contributed by atoms with E-state index in [2.05, 4.69) is 34.1 Å². The molecule has 11 heteroatoms. The van der Waals surface area contributed by atoms with Crippen molar-refractivity contribution in [2.24, 2.45) is 12.2 Å². The maximum absolute atomic E-state index is 15.0. The Morgan fingerprint density at radius 3 is 2.42 bits per heavy atom. The molecule has 1 N–H and O–H groups in total. The van der Waals surface area contributed by atoms with Gasteiger partial charge in [-0.15, -0.1) is 4.91 Å². The number of hydrogen-bond acceptors (Lipinski definition) is 5. The lowest BCUT2D eigenvalue weighted by Gasteiger charge is -2.26. The topological polar surface area (TPSA) is 68.5 Å². The van der Waals surface area contributed by atoms with Gasteiger partial charge < -0.3 is 10.1 Å². The molecule has 0 radical (unpaired) electrons. The van der Waals surface area contributed by atoms with Gasteiger partial charge in [0.25, 0.3) is 5.92 Å². The fourth-order valence-corrected chi connectivity index (χ4v) is 5.09. The van der Waals surface area contributed by atoms with Crippen molar-refractivity contribution in [1.82, 2.24) is 15.1 Å². The second kappa shape index (κ2) is 10.2. The van der Waals surface area contributed by atoms with E-state index >= 15 is 0 Å². The maximum atomic E-state index is 15.0. The van der Waals surface area contributed by atoms with Crippen molar-refractivity contribution in [3.63, 3.8) is 0 Å². The molecule has 36 heavy (non-hydrogen) atoms. The van der Waals surface area contributed by atoms with Gasteiger partial charge in [0.15, 0.2) is 5.15 Å². The summed E-state index contributed by atoms with van der Waals surface area (Å²) in [6.45, 7) is 4.17. The van der Waals surface area contributed by atoms with Crippen molar-refractivity contribution in [1.29, 1.82) is 0 Å². The van der Waals surface area contributed by atoms with Crippen LogP contribution in [0.5, 0.6) is 5.75 Å². The molecule has 1 aliphatic heterocycles. The van der Waals surface area contributed by atoms with Crippen molar-refractivity contribution in [3.05, 3.63) is 58.1 Å². The van der Waals surface area contributed by atoms with Crippen LogP contribution in [0, 0.1) is 11.8 Å². The average molecular weight is 536 g/mol. The quantitative estimate of drug-likeness (QED) is 0.275. The lowest BCUT2D eigenvalue weighted by molar-refractivity contribution is 0.0122. The highest BCUT2D eigenvalue weighted by molar-refractivity contribution is 7.38. The van der Waals surface area contributed by atoms with Crippen molar-refractivity contribution in [3.8, 4) is 28.1 Å². The average Bonchev–Trinajstić information content (AvgIpc) is 3.21. The third-order valence-corrected chi connectivity index (χ3v) is 6.98. The van der Waals surface area contributed by atoms with Crippen LogP contribution in [-0.4, -0.2) is 29.0 Å². The summed E-state index contributed by atoms with van der Waals surface area (Å²) in [6, 6.07) is 9.79. The number of rotatable bonds is 7. The summed E-state index contributed by atoms with van der Waals surface area (Å²) in [5.41, 5.74) is 2.28. The number of nitrogens with one attached hydrogen (secondary N) is 1. The van der Waals surface area contributed by atoms with Gasteiger partial charge in [-0.1, -0.05) is 30.6 Å². The van der Waals surface area contributed by atoms with Gasteiger partial charge in [-0.2, -0.15) is 13.9 Å². The van der Waals surface area contributed by atoms with E-state index in [1.165, 1.54) is 17.8 Å². The highest BCUT2D eigenvalue weighted by Crippen LogP contribution is 2.48. The molecule has 4 rings (SSSR count). The first kappa shape index (κ1) is 26.7. The maximum Gasteiger partial charge on any atom is 0.288 e. The summed E-state index contributed by atoms with van der Waals surface area (Å²) in [4.78, 5) is 12.3. The number of piperidine rings is 1. The Balaban J connectivity index is 1.94. The summed E-state index contributed by atoms with van der Waals surface area (Å²) in [6.07, 6.45) is 1.49. The minimum atomic E-state index is -3.15. The highest BCUT2D eigenvalue weighted by atomic mass is 31.1. The zero-order valence-electron chi connectivity index (χ0n) is 20.3. The third-order valence-electron chi connectivity index (χ3n) is 6.36. The number of ether oxygens (including phenoxy) is 1. The van der Waals surface area contributed by atoms with Crippen molar-refractivity contribution in [2.75, 3.05) is 13.1 Å². The first-order chi connectivity index (χ1) is 16.9. The van der Waals surface area contributed by atoms with E-state index in [0.717, 1.165) is 38.4 Å². The summed E-state index contributed by atoms with van der Waals surface area (Å²) in [5.74, 6) is -2.73.